The van der Waals surface area contributed by atoms with E-state index in [9.17, 15) is 14.7 Å². The van der Waals surface area contributed by atoms with Gasteiger partial charge in [-0.3, -0.25) is 14.4 Å². The predicted molar refractivity (Wildman–Crippen MR) is 209 cm³/mol. The zero-order valence-corrected chi connectivity index (χ0v) is 31.7. The number of ether oxygens (including phenoxy) is 2. The van der Waals surface area contributed by atoms with Crippen molar-refractivity contribution >= 4 is 29.1 Å². The Kier molecular flexibility index (Phi) is 10.6. The third kappa shape index (κ3) is 6.80. The first kappa shape index (κ1) is 37.3. The zero-order valence-electron chi connectivity index (χ0n) is 31.7. The molecule has 9 heteroatoms. The molecule has 54 heavy (non-hydrogen) atoms. The summed E-state index contributed by atoms with van der Waals surface area (Å²) in [6.45, 7) is 7.87. The van der Waals surface area contributed by atoms with Gasteiger partial charge in [0, 0.05) is 49.1 Å². The molecule has 3 heterocycles. The molecular formula is C45H51N3O6. The molecule has 0 radical (unpaired) electrons. The summed E-state index contributed by atoms with van der Waals surface area (Å²) in [5, 5.41) is 9.99. The van der Waals surface area contributed by atoms with Crippen molar-refractivity contribution in [3.05, 3.63) is 125 Å². The van der Waals surface area contributed by atoms with Crippen molar-refractivity contribution in [2.45, 2.75) is 76.7 Å². The van der Waals surface area contributed by atoms with Crippen LogP contribution in [-0.2, 0) is 43.2 Å². The van der Waals surface area contributed by atoms with Crippen LogP contribution in [-0.4, -0.2) is 60.6 Å². The van der Waals surface area contributed by atoms with Gasteiger partial charge in [0.25, 0.3) is 5.91 Å². The summed E-state index contributed by atoms with van der Waals surface area (Å²) < 4.78 is 12.7. The Labute approximate surface area is 318 Å². The molecule has 0 aliphatic carbocycles. The lowest BCUT2D eigenvalue weighted by molar-refractivity contribution is -0.150. The number of anilines is 2. The van der Waals surface area contributed by atoms with E-state index in [1.807, 2.05) is 101 Å². The highest BCUT2D eigenvalue weighted by molar-refractivity contribution is 6.07. The number of methoxy groups -OCH3 is 1. The molecule has 0 aromatic heterocycles. The molecule has 3 aliphatic heterocycles. The highest BCUT2D eigenvalue weighted by atomic mass is 16.5. The number of piperidine rings is 1. The lowest BCUT2D eigenvalue weighted by Crippen LogP contribution is -2.45. The van der Waals surface area contributed by atoms with Crippen LogP contribution in [0.15, 0.2) is 103 Å². The highest BCUT2D eigenvalue weighted by Crippen LogP contribution is 2.60. The second-order valence-corrected chi connectivity index (χ2v) is 15.5. The van der Waals surface area contributed by atoms with Crippen LogP contribution in [0.25, 0.3) is 0 Å². The Hall–Kier alpha value is -4.99. The maximum absolute atomic E-state index is 15.2. The quantitative estimate of drug-likeness (QED) is 0.169. The van der Waals surface area contributed by atoms with Crippen molar-refractivity contribution in [2.24, 2.45) is 11.8 Å². The van der Waals surface area contributed by atoms with E-state index in [2.05, 4.69) is 32.9 Å². The number of aliphatic hydroxyl groups excluding tert-OH is 1. The number of benzene rings is 4. The van der Waals surface area contributed by atoms with Gasteiger partial charge >= 0.3 is 0 Å². The standard InChI is InChI=1S/C45H51N3O6/c1-31-42(44(2,3)34-19-23-36(53-4)24-20-34)39(28-41(51)46(26-27-49)29-32-12-6-5-7-13-32)54-45(31)37-14-8-9-15-38(37)48(43(45)52)30-33-17-21-35(22-18-33)47-25-11-10-16-40(47)50/h5-9,12-15,17-24,31,39,42,49H,10-11,16,25-30H2,1-4H3/t31-,39+,42-,45+/m1/s1. The first-order chi connectivity index (χ1) is 26.1. The first-order valence-electron chi connectivity index (χ1n) is 19.1. The van der Waals surface area contributed by atoms with Crippen LogP contribution in [0.3, 0.4) is 0 Å². The van der Waals surface area contributed by atoms with E-state index in [1.165, 1.54) is 0 Å². The smallest absolute Gasteiger partial charge is 0.264 e. The van der Waals surface area contributed by atoms with Crippen molar-refractivity contribution in [3.8, 4) is 5.75 Å². The average Bonchev–Trinajstić information content (AvgIpc) is 3.61. The van der Waals surface area contributed by atoms with Gasteiger partial charge in [0.2, 0.25) is 11.8 Å². The molecule has 2 saturated heterocycles. The Morgan fingerprint density at radius 2 is 1.63 bits per heavy atom. The van der Waals surface area contributed by atoms with E-state index in [0.717, 1.165) is 58.8 Å². The van der Waals surface area contributed by atoms with E-state index in [-0.39, 0.29) is 49.1 Å². The highest BCUT2D eigenvalue weighted by Gasteiger charge is 2.66. The number of hydrogen-bond donors (Lipinski definition) is 1. The van der Waals surface area contributed by atoms with Crippen LogP contribution in [0.1, 0.15) is 68.7 Å². The number of aliphatic hydroxyl groups is 1. The van der Waals surface area contributed by atoms with Crippen LogP contribution >= 0.6 is 0 Å². The molecule has 0 saturated carbocycles. The Morgan fingerprint density at radius 1 is 0.926 bits per heavy atom. The van der Waals surface area contributed by atoms with E-state index >= 15 is 4.79 Å². The van der Waals surface area contributed by atoms with Gasteiger partial charge in [-0.2, -0.15) is 0 Å². The van der Waals surface area contributed by atoms with Gasteiger partial charge in [-0.25, -0.2) is 0 Å². The van der Waals surface area contributed by atoms with Crippen molar-refractivity contribution in [1.29, 1.82) is 0 Å². The van der Waals surface area contributed by atoms with Gasteiger partial charge in [0.15, 0.2) is 5.60 Å². The number of nitrogens with zero attached hydrogens (tertiary/aromatic N) is 3. The van der Waals surface area contributed by atoms with E-state index in [1.54, 1.807) is 12.0 Å². The molecule has 3 amide bonds. The van der Waals surface area contributed by atoms with Crippen LogP contribution in [0, 0.1) is 11.8 Å². The van der Waals surface area contributed by atoms with Gasteiger partial charge < -0.3 is 29.3 Å². The minimum atomic E-state index is -1.32. The van der Waals surface area contributed by atoms with Crippen LogP contribution in [0.5, 0.6) is 5.75 Å². The zero-order chi connectivity index (χ0) is 38.0. The summed E-state index contributed by atoms with van der Waals surface area (Å²) in [5.41, 5.74) is 3.60. The lowest BCUT2D eigenvalue weighted by atomic mass is 9.63. The number of carbonyl (C=O) groups excluding carboxylic acids is 3. The van der Waals surface area contributed by atoms with Gasteiger partial charge in [-0.15, -0.1) is 0 Å². The third-order valence-corrected chi connectivity index (χ3v) is 12.0. The molecule has 1 N–H and O–H groups in total. The Morgan fingerprint density at radius 3 is 2.31 bits per heavy atom. The molecule has 4 atom stereocenters. The third-order valence-electron chi connectivity index (χ3n) is 12.0. The average molecular weight is 730 g/mol. The van der Waals surface area contributed by atoms with Crippen molar-refractivity contribution in [3.63, 3.8) is 0 Å². The van der Waals surface area contributed by atoms with E-state index < -0.39 is 17.1 Å². The SMILES string of the molecule is COc1ccc(C(C)(C)[C@H]2[C@H](CC(=O)N(CCO)Cc3ccccc3)O[C@@]3(C(=O)N(Cc4ccc(N5CCCCC5=O)cc4)c4ccccc43)[C@@H]2C)cc1. The maximum atomic E-state index is 15.2. The lowest BCUT2D eigenvalue weighted by Gasteiger charge is -2.39. The number of fused-ring (bicyclic) bond motifs is 2. The number of carbonyl (C=O) groups is 3. The summed E-state index contributed by atoms with van der Waals surface area (Å²) in [4.78, 5) is 47.4. The fraction of sp³-hybridized carbons (Fsp3) is 0.400. The minimum absolute atomic E-state index is 0.0509. The first-order valence-corrected chi connectivity index (χ1v) is 19.1. The Balaban J connectivity index is 1.23. The van der Waals surface area contributed by atoms with Crippen molar-refractivity contribution < 1.29 is 29.0 Å². The van der Waals surface area contributed by atoms with Gasteiger partial charge in [-0.1, -0.05) is 93.6 Å². The molecule has 4 aromatic carbocycles. The second-order valence-electron chi connectivity index (χ2n) is 15.5. The van der Waals surface area contributed by atoms with Crippen LogP contribution in [0.2, 0.25) is 0 Å². The van der Waals surface area contributed by atoms with Gasteiger partial charge in [-0.05, 0) is 65.3 Å². The summed E-state index contributed by atoms with van der Waals surface area (Å²) >= 11 is 0. The molecule has 4 aromatic rings. The predicted octanol–water partition coefficient (Wildman–Crippen LogP) is 6.99. The topological polar surface area (TPSA) is 99.6 Å². The number of amides is 3. The van der Waals surface area contributed by atoms with Crippen molar-refractivity contribution in [2.75, 3.05) is 36.6 Å². The van der Waals surface area contributed by atoms with Crippen LogP contribution in [0.4, 0.5) is 11.4 Å². The molecule has 7 rings (SSSR count). The van der Waals surface area contributed by atoms with Gasteiger partial charge in [0.1, 0.15) is 5.75 Å². The summed E-state index contributed by atoms with van der Waals surface area (Å²) in [7, 11) is 1.64. The number of para-hydroxylation sites is 1. The summed E-state index contributed by atoms with van der Waals surface area (Å²) in [6, 6.07) is 33.6. The molecule has 282 valence electrons. The molecule has 2 fully saturated rings. The normalized spacial score (nSPS) is 22.5. The maximum Gasteiger partial charge on any atom is 0.264 e. The Bertz CT molecular complexity index is 1960. The molecule has 0 bridgehead atoms. The summed E-state index contributed by atoms with van der Waals surface area (Å²) in [5.74, 6) is 0.0422. The fourth-order valence-electron chi connectivity index (χ4n) is 9.19. The minimum Gasteiger partial charge on any atom is -0.497 e. The van der Waals surface area contributed by atoms with E-state index in [4.69, 9.17) is 9.47 Å². The molecular weight excluding hydrogens is 679 g/mol. The summed E-state index contributed by atoms with van der Waals surface area (Å²) in [6.07, 6.45) is 1.92. The molecule has 3 aliphatic rings. The second kappa shape index (κ2) is 15.4. The van der Waals surface area contributed by atoms with E-state index in [0.29, 0.717) is 19.5 Å². The largest absolute Gasteiger partial charge is 0.497 e. The monoisotopic (exact) mass is 729 g/mol. The molecule has 1 spiro atoms. The molecule has 9 nitrogen and oxygen atoms in total. The van der Waals surface area contributed by atoms with Crippen molar-refractivity contribution in [1.82, 2.24) is 4.90 Å². The fourth-order valence-corrected chi connectivity index (χ4v) is 9.19. The van der Waals surface area contributed by atoms with Crippen LogP contribution < -0.4 is 14.5 Å². The van der Waals surface area contributed by atoms with Gasteiger partial charge in [0.05, 0.1) is 38.5 Å². The number of hydrogen-bond acceptors (Lipinski definition) is 6. The molecule has 0 unspecified atom stereocenters. The number of rotatable bonds is 12.